The maximum absolute atomic E-state index is 12.2. The van der Waals surface area contributed by atoms with E-state index in [0.717, 1.165) is 10.5 Å². The van der Waals surface area contributed by atoms with Crippen molar-refractivity contribution in [3.05, 3.63) is 60.7 Å². The summed E-state index contributed by atoms with van der Waals surface area (Å²) in [7, 11) is 0. The molecule has 0 aliphatic rings. The van der Waals surface area contributed by atoms with E-state index in [0.29, 0.717) is 5.82 Å². The smallest absolute Gasteiger partial charge is 0.249 e. The molecule has 1 amide bonds. The number of carbonyl (C=O) groups is 1. The number of rotatable bonds is 5. The number of hydrogen-bond acceptors (Lipinski definition) is 4. The van der Waals surface area contributed by atoms with Gasteiger partial charge in [-0.1, -0.05) is 48.5 Å². The Bertz CT molecular complexity index is 774. The molecule has 1 atom stereocenters. The van der Waals surface area contributed by atoms with Gasteiger partial charge >= 0.3 is 0 Å². The number of anilines is 1. The van der Waals surface area contributed by atoms with Crippen molar-refractivity contribution in [1.29, 1.82) is 0 Å². The van der Waals surface area contributed by atoms with Crippen molar-refractivity contribution in [2.45, 2.75) is 17.1 Å². The number of nitrogens with zero attached hydrogens (tertiary/aromatic N) is 2. The molecule has 3 rings (SSSR count). The highest BCUT2D eigenvalue weighted by Gasteiger charge is 2.16. The lowest BCUT2D eigenvalue weighted by atomic mass is 10.2. The maximum atomic E-state index is 12.2. The average Bonchev–Trinajstić information content (AvgIpc) is 3.05. The summed E-state index contributed by atoms with van der Waals surface area (Å²) in [5.74, 6) is 0.788. The van der Waals surface area contributed by atoms with Gasteiger partial charge in [-0.3, -0.25) is 15.2 Å². The second-order valence-corrected chi connectivity index (χ2v) is 6.35. The first-order chi connectivity index (χ1) is 11.2. The van der Waals surface area contributed by atoms with E-state index in [1.54, 1.807) is 0 Å². The average molecular weight is 324 g/mol. The highest BCUT2D eigenvalue weighted by molar-refractivity contribution is 8.00. The van der Waals surface area contributed by atoms with Crippen LogP contribution in [0.1, 0.15) is 6.92 Å². The van der Waals surface area contributed by atoms with E-state index in [1.807, 2.05) is 67.6 Å². The summed E-state index contributed by atoms with van der Waals surface area (Å²) in [5.41, 5.74) is 0.923. The van der Waals surface area contributed by atoms with Crippen LogP contribution in [0.15, 0.2) is 65.6 Å². The summed E-state index contributed by atoms with van der Waals surface area (Å²) in [6.07, 6.45) is 0. The number of hydrogen-bond donors (Lipinski definition) is 2. The van der Waals surface area contributed by atoms with Crippen LogP contribution in [0.4, 0.5) is 5.95 Å². The molecule has 0 fully saturated rings. The lowest BCUT2D eigenvalue weighted by Gasteiger charge is -2.09. The van der Waals surface area contributed by atoms with E-state index in [4.69, 9.17) is 0 Å². The molecule has 1 unspecified atom stereocenters. The minimum Gasteiger partial charge on any atom is -0.292 e. The van der Waals surface area contributed by atoms with Gasteiger partial charge in [0.25, 0.3) is 0 Å². The van der Waals surface area contributed by atoms with Gasteiger partial charge in [-0.2, -0.15) is 4.98 Å². The molecule has 0 aliphatic carbocycles. The Hall–Kier alpha value is -2.60. The van der Waals surface area contributed by atoms with Crippen LogP contribution in [-0.2, 0) is 4.79 Å². The molecule has 116 valence electrons. The molecule has 5 nitrogen and oxygen atoms in total. The number of H-pyrrole nitrogens is 1. The molecule has 0 saturated heterocycles. The van der Waals surface area contributed by atoms with E-state index in [1.165, 1.54) is 11.8 Å². The third-order valence-corrected chi connectivity index (χ3v) is 4.30. The lowest BCUT2D eigenvalue weighted by molar-refractivity contribution is -0.115. The van der Waals surface area contributed by atoms with E-state index in [2.05, 4.69) is 20.5 Å². The van der Waals surface area contributed by atoms with Gasteiger partial charge in [0, 0.05) is 10.5 Å². The van der Waals surface area contributed by atoms with Gasteiger partial charge in [-0.05, 0) is 19.1 Å². The first kappa shape index (κ1) is 15.3. The van der Waals surface area contributed by atoms with Crippen molar-refractivity contribution >= 4 is 23.6 Å². The fourth-order valence-corrected chi connectivity index (χ4v) is 2.90. The molecule has 3 aromatic rings. The molecule has 2 aromatic carbocycles. The first-order valence-electron chi connectivity index (χ1n) is 7.23. The largest absolute Gasteiger partial charge is 0.292 e. The number of carbonyl (C=O) groups excluding carboxylic acids is 1. The maximum Gasteiger partial charge on any atom is 0.249 e. The number of nitrogens with one attached hydrogen (secondary N) is 2. The highest BCUT2D eigenvalue weighted by Crippen LogP contribution is 2.23. The quantitative estimate of drug-likeness (QED) is 0.704. The summed E-state index contributed by atoms with van der Waals surface area (Å²) in [6, 6.07) is 19.5. The minimum atomic E-state index is -0.240. The van der Waals surface area contributed by atoms with Crippen molar-refractivity contribution in [3.8, 4) is 11.4 Å². The predicted octanol–water partition coefficient (Wildman–Crippen LogP) is 3.59. The van der Waals surface area contributed by atoms with Crippen LogP contribution < -0.4 is 5.32 Å². The van der Waals surface area contributed by atoms with E-state index < -0.39 is 0 Å². The van der Waals surface area contributed by atoms with Crippen molar-refractivity contribution in [2.75, 3.05) is 5.32 Å². The molecular weight excluding hydrogens is 308 g/mol. The Kier molecular flexibility index (Phi) is 4.73. The highest BCUT2D eigenvalue weighted by atomic mass is 32.2. The van der Waals surface area contributed by atoms with Crippen LogP contribution in [0.2, 0.25) is 0 Å². The number of amides is 1. The molecular formula is C17H16N4OS. The van der Waals surface area contributed by atoms with Crippen LogP contribution >= 0.6 is 11.8 Å². The van der Waals surface area contributed by atoms with E-state index in [9.17, 15) is 4.79 Å². The van der Waals surface area contributed by atoms with Gasteiger partial charge in [0.05, 0.1) is 5.25 Å². The SMILES string of the molecule is CC(Sc1ccccc1)C(=O)Nc1n[nH]c(-c2ccccc2)n1. The Morgan fingerprint density at radius 2 is 1.74 bits per heavy atom. The summed E-state index contributed by atoms with van der Waals surface area (Å²) in [5, 5.41) is 9.38. The summed E-state index contributed by atoms with van der Waals surface area (Å²) in [4.78, 5) is 17.6. The molecule has 0 bridgehead atoms. The number of thioether (sulfide) groups is 1. The first-order valence-corrected chi connectivity index (χ1v) is 8.11. The van der Waals surface area contributed by atoms with Crippen LogP contribution in [-0.4, -0.2) is 26.3 Å². The Labute approximate surface area is 138 Å². The van der Waals surface area contributed by atoms with Crippen molar-refractivity contribution in [1.82, 2.24) is 15.2 Å². The van der Waals surface area contributed by atoms with Crippen molar-refractivity contribution in [2.24, 2.45) is 0 Å². The van der Waals surface area contributed by atoms with Gasteiger partial charge in [-0.15, -0.1) is 16.9 Å². The normalized spacial score (nSPS) is 11.9. The fraction of sp³-hybridized carbons (Fsp3) is 0.118. The molecule has 0 radical (unpaired) electrons. The predicted molar refractivity (Wildman–Crippen MR) is 92.2 cm³/mol. The van der Waals surface area contributed by atoms with Crippen molar-refractivity contribution in [3.63, 3.8) is 0 Å². The third kappa shape index (κ3) is 3.98. The minimum absolute atomic E-state index is 0.127. The Morgan fingerprint density at radius 1 is 1.09 bits per heavy atom. The molecule has 1 aromatic heterocycles. The molecule has 0 spiro atoms. The summed E-state index contributed by atoms with van der Waals surface area (Å²) < 4.78 is 0. The third-order valence-electron chi connectivity index (χ3n) is 3.19. The molecule has 6 heteroatoms. The molecule has 0 saturated carbocycles. The van der Waals surface area contributed by atoms with Crippen molar-refractivity contribution < 1.29 is 4.79 Å². The zero-order chi connectivity index (χ0) is 16.1. The van der Waals surface area contributed by atoms with Gasteiger partial charge in [0.15, 0.2) is 5.82 Å². The number of aromatic amines is 1. The monoisotopic (exact) mass is 324 g/mol. The second kappa shape index (κ2) is 7.11. The van der Waals surface area contributed by atoms with E-state index >= 15 is 0 Å². The zero-order valence-corrected chi connectivity index (χ0v) is 13.4. The van der Waals surface area contributed by atoms with Crippen LogP contribution in [0.5, 0.6) is 0 Å². The zero-order valence-electron chi connectivity index (χ0n) is 12.6. The van der Waals surface area contributed by atoms with Gasteiger partial charge in [0.1, 0.15) is 0 Å². The fourth-order valence-electron chi connectivity index (χ4n) is 2.01. The Balaban J connectivity index is 1.63. The Morgan fingerprint density at radius 3 is 2.43 bits per heavy atom. The topological polar surface area (TPSA) is 70.7 Å². The second-order valence-electron chi connectivity index (χ2n) is 4.94. The molecule has 1 heterocycles. The number of benzene rings is 2. The summed E-state index contributed by atoms with van der Waals surface area (Å²) >= 11 is 1.50. The van der Waals surface area contributed by atoms with Crippen LogP contribution in [0.3, 0.4) is 0 Å². The lowest BCUT2D eigenvalue weighted by Crippen LogP contribution is -2.23. The van der Waals surface area contributed by atoms with E-state index in [-0.39, 0.29) is 17.1 Å². The van der Waals surface area contributed by atoms with Gasteiger partial charge in [-0.25, -0.2) is 0 Å². The van der Waals surface area contributed by atoms with Gasteiger partial charge < -0.3 is 0 Å². The molecule has 0 aliphatic heterocycles. The molecule has 2 N–H and O–H groups in total. The number of aromatic nitrogens is 3. The standard InChI is InChI=1S/C17H16N4OS/c1-12(23-14-10-6-3-7-11-14)16(22)19-17-18-15(20-21-17)13-8-4-2-5-9-13/h2-12H,1H3,(H2,18,19,20,21,22). The van der Waals surface area contributed by atoms with Gasteiger partial charge in [0.2, 0.25) is 11.9 Å². The molecule has 23 heavy (non-hydrogen) atoms. The van der Waals surface area contributed by atoms with Crippen LogP contribution in [0.25, 0.3) is 11.4 Å². The summed E-state index contributed by atoms with van der Waals surface area (Å²) in [6.45, 7) is 1.86. The van der Waals surface area contributed by atoms with Crippen LogP contribution in [0, 0.1) is 0 Å².